The van der Waals surface area contributed by atoms with Crippen molar-refractivity contribution in [2.75, 3.05) is 0 Å². The first-order valence-corrected chi connectivity index (χ1v) is 2.27. The largest absolute Gasteiger partial charge is 0.465 e. The molecule has 0 aromatic rings. The van der Waals surface area contributed by atoms with Crippen molar-refractivity contribution in [2.45, 2.75) is 6.92 Å². The van der Waals surface area contributed by atoms with Crippen LogP contribution in [0.5, 0.6) is 0 Å². The Morgan fingerprint density at radius 2 is 2.00 bits per heavy atom. The van der Waals surface area contributed by atoms with Gasteiger partial charge < -0.3 is 15.6 Å². The third-order valence-corrected chi connectivity index (χ3v) is 0.249. The molecule has 0 heterocycles. The van der Waals surface area contributed by atoms with Crippen LogP contribution in [-0.4, -0.2) is 17.2 Å². The number of carbonyl (C=O) groups is 2. The number of primary amides is 1. The lowest BCUT2D eigenvalue weighted by Gasteiger charge is -1.83. The Bertz CT molecular complexity index is 128. The average Bonchev–Trinajstić information content (AvgIpc) is 1.62. The molecule has 1 amide bonds. The van der Waals surface area contributed by atoms with Crippen LogP contribution >= 0.6 is 0 Å². The second-order valence-corrected chi connectivity index (χ2v) is 1.11. The molecule has 0 atom stereocenters. The molecule has 10 heavy (non-hydrogen) atoms. The van der Waals surface area contributed by atoms with Gasteiger partial charge in [-0.25, -0.2) is 4.79 Å². The zero-order valence-corrected chi connectivity index (χ0v) is 5.53. The van der Waals surface area contributed by atoms with Crippen molar-refractivity contribution >= 4 is 12.1 Å². The summed E-state index contributed by atoms with van der Waals surface area (Å²) in [7, 11) is 0. The first kappa shape index (κ1) is 11.3. The Kier molecular flexibility index (Phi) is 8.45. The Morgan fingerprint density at radius 1 is 1.70 bits per heavy atom. The number of ether oxygens (including phenoxy) is 1. The van der Waals surface area contributed by atoms with Crippen molar-refractivity contribution in [2.24, 2.45) is 5.73 Å². The molecular weight excluding hydrogens is 138 g/mol. The number of carboxylic acid groups (broad SMARTS) is 1. The minimum absolute atomic E-state index is 0.329. The van der Waals surface area contributed by atoms with Gasteiger partial charge in [-0.2, -0.15) is 0 Å². The minimum atomic E-state index is -1.33. The summed E-state index contributed by atoms with van der Waals surface area (Å²) in [6.45, 7) is 4.48. The van der Waals surface area contributed by atoms with Gasteiger partial charge in [0.2, 0.25) is 0 Å². The summed E-state index contributed by atoms with van der Waals surface area (Å²) < 4.78 is 4.17. The van der Waals surface area contributed by atoms with Crippen molar-refractivity contribution in [1.82, 2.24) is 0 Å². The fourth-order valence-corrected chi connectivity index (χ4v) is 0.117. The molecule has 0 unspecified atom stereocenters. The van der Waals surface area contributed by atoms with Gasteiger partial charge in [-0.3, -0.25) is 4.79 Å². The van der Waals surface area contributed by atoms with Crippen LogP contribution in [0.15, 0.2) is 12.8 Å². The highest BCUT2D eigenvalue weighted by atomic mass is 16.5. The van der Waals surface area contributed by atoms with Crippen LogP contribution in [-0.2, 0) is 9.53 Å². The first-order chi connectivity index (χ1) is 4.50. The molecule has 58 valence electrons. The lowest BCUT2D eigenvalue weighted by atomic mass is 10.8. The maximum Gasteiger partial charge on any atom is 0.402 e. The van der Waals surface area contributed by atoms with Gasteiger partial charge in [0, 0.05) is 6.92 Å². The highest BCUT2D eigenvalue weighted by Crippen LogP contribution is 1.70. The molecule has 0 aliphatic carbocycles. The maximum atomic E-state index is 9.75. The molecule has 3 N–H and O–H groups in total. The van der Waals surface area contributed by atoms with E-state index in [-0.39, 0.29) is 5.97 Å². The van der Waals surface area contributed by atoms with Crippen LogP contribution in [0.2, 0.25) is 0 Å². The lowest BCUT2D eigenvalue weighted by Crippen LogP contribution is -2.03. The SMILES string of the molecule is C=COC(C)=O.NC(=O)O. The van der Waals surface area contributed by atoms with Crippen LogP contribution in [0.4, 0.5) is 4.79 Å². The summed E-state index contributed by atoms with van der Waals surface area (Å²) in [6.07, 6.45) is -0.234. The summed E-state index contributed by atoms with van der Waals surface area (Å²) in [5.41, 5.74) is 4.03. The van der Waals surface area contributed by atoms with E-state index in [1.54, 1.807) is 0 Å². The molecule has 0 radical (unpaired) electrons. The Balaban J connectivity index is 0. The third-order valence-electron chi connectivity index (χ3n) is 0.249. The molecule has 0 spiro atoms. The molecule has 0 saturated heterocycles. The first-order valence-electron chi connectivity index (χ1n) is 2.27. The van der Waals surface area contributed by atoms with Crippen molar-refractivity contribution in [3.63, 3.8) is 0 Å². The van der Waals surface area contributed by atoms with Crippen molar-refractivity contribution in [3.05, 3.63) is 12.8 Å². The van der Waals surface area contributed by atoms with E-state index in [0.717, 1.165) is 6.26 Å². The number of nitrogens with two attached hydrogens (primary N) is 1. The van der Waals surface area contributed by atoms with Crippen LogP contribution in [0.3, 0.4) is 0 Å². The van der Waals surface area contributed by atoms with E-state index in [2.05, 4.69) is 17.0 Å². The van der Waals surface area contributed by atoms with Gasteiger partial charge in [-0.1, -0.05) is 6.58 Å². The average molecular weight is 147 g/mol. The predicted molar refractivity (Wildman–Crippen MR) is 34.2 cm³/mol. The maximum absolute atomic E-state index is 9.75. The van der Waals surface area contributed by atoms with E-state index in [1.165, 1.54) is 6.92 Å². The second kappa shape index (κ2) is 7.48. The summed E-state index contributed by atoms with van der Waals surface area (Å²) in [4.78, 5) is 18.5. The molecule has 0 aromatic carbocycles. The summed E-state index contributed by atoms with van der Waals surface area (Å²) in [5, 5.41) is 7.19. The van der Waals surface area contributed by atoms with Crippen molar-refractivity contribution in [1.29, 1.82) is 0 Å². The van der Waals surface area contributed by atoms with Crippen LogP contribution in [0.1, 0.15) is 6.92 Å². The monoisotopic (exact) mass is 147 g/mol. The van der Waals surface area contributed by atoms with Crippen molar-refractivity contribution in [3.8, 4) is 0 Å². The summed E-state index contributed by atoms with van der Waals surface area (Å²) in [6, 6.07) is 0. The van der Waals surface area contributed by atoms with Gasteiger partial charge >= 0.3 is 12.1 Å². The number of hydrogen-bond acceptors (Lipinski definition) is 3. The molecule has 0 bridgehead atoms. The number of esters is 1. The van der Waals surface area contributed by atoms with Crippen molar-refractivity contribution < 1.29 is 19.4 Å². The Labute approximate surface area is 58.1 Å². The van der Waals surface area contributed by atoms with Gasteiger partial charge in [0.15, 0.2) is 0 Å². The number of carbonyl (C=O) groups excluding carboxylic acids is 1. The zero-order valence-electron chi connectivity index (χ0n) is 5.53. The predicted octanol–water partition coefficient (Wildman–Crippen LogP) is 0.316. The van der Waals surface area contributed by atoms with E-state index in [1.807, 2.05) is 0 Å². The van der Waals surface area contributed by atoms with Gasteiger partial charge in [-0.05, 0) is 0 Å². The smallest absolute Gasteiger partial charge is 0.402 e. The standard InChI is InChI=1S/C4H6O2.CH3NO2/c1-3-6-4(2)5;2-1(3)4/h3H,1H2,2H3;2H2,(H,3,4). The summed E-state index contributed by atoms with van der Waals surface area (Å²) in [5.74, 6) is -0.329. The Hall–Kier alpha value is -1.52. The normalized spacial score (nSPS) is 6.50. The topological polar surface area (TPSA) is 89.6 Å². The molecule has 0 saturated carbocycles. The van der Waals surface area contributed by atoms with E-state index in [0.29, 0.717) is 0 Å². The van der Waals surface area contributed by atoms with Gasteiger partial charge in [0.25, 0.3) is 0 Å². The molecular formula is C5H9NO4. The molecule has 0 fully saturated rings. The van der Waals surface area contributed by atoms with Crippen LogP contribution < -0.4 is 5.73 Å². The molecule has 5 heteroatoms. The van der Waals surface area contributed by atoms with E-state index in [9.17, 15) is 4.79 Å². The van der Waals surface area contributed by atoms with Crippen LogP contribution in [0, 0.1) is 0 Å². The highest BCUT2D eigenvalue weighted by Gasteiger charge is 1.79. The van der Waals surface area contributed by atoms with E-state index >= 15 is 0 Å². The summed E-state index contributed by atoms with van der Waals surface area (Å²) >= 11 is 0. The number of rotatable bonds is 1. The van der Waals surface area contributed by atoms with Gasteiger partial charge in [0.05, 0.1) is 6.26 Å². The second-order valence-electron chi connectivity index (χ2n) is 1.11. The van der Waals surface area contributed by atoms with Gasteiger partial charge in [0.1, 0.15) is 0 Å². The zero-order chi connectivity index (χ0) is 8.57. The minimum Gasteiger partial charge on any atom is -0.465 e. The Morgan fingerprint density at radius 3 is 2.00 bits per heavy atom. The van der Waals surface area contributed by atoms with Crippen LogP contribution in [0.25, 0.3) is 0 Å². The van der Waals surface area contributed by atoms with E-state index in [4.69, 9.17) is 9.90 Å². The van der Waals surface area contributed by atoms with Gasteiger partial charge in [-0.15, -0.1) is 0 Å². The molecule has 0 aliphatic rings. The lowest BCUT2D eigenvalue weighted by molar-refractivity contribution is -0.135. The molecule has 0 aromatic heterocycles. The fraction of sp³-hybridized carbons (Fsp3) is 0.200. The number of amides is 1. The third kappa shape index (κ3) is 88.8. The fourth-order valence-electron chi connectivity index (χ4n) is 0.117. The van der Waals surface area contributed by atoms with E-state index < -0.39 is 6.09 Å². The molecule has 0 aliphatic heterocycles. The quantitative estimate of drug-likeness (QED) is 0.412. The number of hydrogen-bond donors (Lipinski definition) is 2. The highest BCUT2D eigenvalue weighted by molar-refractivity contribution is 5.66. The molecule has 0 rings (SSSR count). The molecule has 5 nitrogen and oxygen atoms in total.